The number of hydrogen-bond acceptors (Lipinski definition) is 2. The third-order valence-electron chi connectivity index (χ3n) is 2.69. The number of anilines is 1. The van der Waals surface area contributed by atoms with Crippen molar-refractivity contribution in [1.29, 1.82) is 0 Å². The summed E-state index contributed by atoms with van der Waals surface area (Å²) in [6, 6.07) is 8.26. The lowest BCUT2D eigenvalue weighted by molar-refractivity contribution is 0.0991. The first-order valence-corrected chi connectivity index (χ1v) is 6.29. The van der Waals surface area contributed by atoms with Gasteiger partial charge >= 0.3 is 0 Å². The van der Waals surface area contributed by atoms with E-state index < -0.39 is 11.6 Å². The van der Waals surface area contributed by atoms with Gasteiger partial charge in [-0.3, -0.25) is 4.79 Å². The van der Waals surface area contributed by atoms with Gasteiger partial charge in [0.1, 0.15) is 11.6 Å². The van der Waals surface area contributed by atoms with Crippen molar-refractivity contribution in [2.75, 3.05) is 5.73 Å². The van der Waals surface area contributed by atoms with Crippen LogP contribution in [0.4, 0.5) is 14.5 Å². The molecule has 2 N–H and O–H groups in total. The second-order valence-electron chi connectivity index (χ2n) is 4.07. The van der Waals surface area contributed by atoms with Crippen molar-refractivity contribution in [3.05, 3.63) is 63.6 Å². The van der Waals surface area contributed by atoms with E-state index in [1.807, 2.05) is 0 Å². The van der Waals surface area contributed by atoms with E-state index in [2.05, 4.69) is 15.9 Å². The van der Waals surface area contributed by atoms with Gasteiger partial charge in [-0.2, -0.15) is 0 Å². The fourth-order valence-electron chi connectivity index (χ4n) is 1.64. The Kier molecular flexibility index (Phi) is 3.95. The minimum Gasteiger partial charge on any atom is -0.396 e. The van der Waals surface area contributed by atoms with Crippen LogP contribution in [0.3, 0.4) is 0 Å². The van der Waals surface area contributed by atoms with Crippen molar-refractivity contribution in [1.82, 2.24) is 0 Å². The van der Waals surface area contributed by atoms with Gasteiger partial charge < -0.3 is 5.73 Å². The zero-order chi connectivity index (χ0) is 14.0. The molecule has 2 rings (SSSR count). The number of nitrogens with two attached hydrogens (primary N) is 1. The molecule has 19 heavy (non-hydrogen) atoms. The molecule has 0 bridgehead atoms. The van der Waals surface area contributed by atoms with E-state index in [4.69, 9.17) is 5.73 Å². The number of Topliss-reactive ketones (excluding diaryl/α,β-unsaturated/α-hetero) is 1. The standard InChI is InChI=1S/C14H10BrF2NO/c15-10-3-1-8(11(16)7-10)6-14(19)9-2-4-13(18)12(17)5-9/h1-5,7H,6,18H2. The summed E-state index contributed by atoms with van der Waals surface area (Å²) in [4.78, 5) is 11.9. The highest BCUT2D eigenvalue weighted by Crippen LogP contribution is 2.18. The molecule has 2 aromatic rings. The number of rotatable bonds is 3. The van der Waals surface area contributed by atoms with E-state index in [-0.39, 0.29) is 29.0 Å². The molecule has 0 aromatic heterocycles. The Morgan fingerprint density at radius 1 is 1.11 bits per heavy atom. The van der Waals surface area contributed by atoms with Gasteiger partial charge in [-0.15, -0.1) is 0 Å². The minimum absolute atomic E-state index is 0.0219. The van der Waals surface area contributed by atoms with Crippen LogP contribution in [0.2, 0.25) is 0 Å². The summed E-state index contributed by atoms with van der Waals surface area (Å²) in [6.45, 7) is 0. The SMILES string of the molecule is Nc1ccc(C(=O)Cc2ccc(Br)cc2F)cc1F. The Bertz CT molecular complexity index is 643. The molecule has 0 radical (unpaired) electrons. The third kappa shape index (κ3) is 3.17. The normalized spacial score (nSPS) is 10.5. The molecule has 0 heterocycles. The van der Waals surface area contributed by atoms with Crippen molar-refractivity contribution < 1.29 is 13.6 Å². The van der Waals surface area contributed by atoms with E-state index in [0.29, 0.717) is 4.47 Å². The topological polar surface area (TPSA) is 43.1 Å². The van der Waals surface area contributed by atoms with Crippen LogP contribution in [0.5, 0.6) is 0 Å². The van der Waals surface area contributed by atoms with Crippen LogP contribution in [0.15, 0.2) is 40.9 Å². The predicted octanol–water partition coefficient (Wildman–Crippen LogP) is 3.73. The van der Waals surface area contributed by atoms with Gasteiger partial charge in [-0.05, 0) is 35.9 Å². The molecule has 5 heteroatoms. The van der Waals surface area contributed by atoms with E-state index in [9.17, 15) is 13.6 Å². The summed E-state index contributed by atoms with van der Waals surface area (Å²) in [5.41, 5.74) is 5.75. The lowest BCUT2D eigenvalue weighted by atomic mass is 10.0. The third-order valence-corrected chi connectivity index (χ3v) is 3.18. The molecule has 98 valence electrons. The van der Waals surface area contributed by atoms with Crippen LogP contribution in [0, 0.1) is 11.6 Å². The van der Waals surface area contributed by atoms with E-state index in [0.717, 1.165) is 6.07 Å². The Morgan fingerprint density at radius 2 is 1.84 bits per heavy atom. The molecule has 0 unspecified atom stereocenters. The average molecular weight is 326 g/mol. The van der Waals surface area contributed by atoms with Gasteiger partial charge in [0.15, 0.2) is 5.78 Å². The van der Waals surface area contributed by atoms with Crippen LogP contribution in [0.1, 0.15) is 15.9 Å². The Morgan fingerprint density at radius 3 is 2.47 bits per heavy atom. The number of carbonyl (C=O) groups is 1. The molecular weight excluding hydrogens is 316 g/mol. The molecule has 0 aliphatic carbocycles. The van der Waals surface area contributed by atoms with Gasteiger partial charge in [0.05, 0.1) is 5.69 Å². The van der Waals surface area contributed by atoms with Crippen molar-refractivity contribution in [2.45, 2.75) is 6.42 Å². The summed E-state index contributed by atoms with van der Waals surface area (Å²) >= 11 is 3.14. The highest BCUT2D eigenvalue weighted by atomic mass is 79.9. The number of benzene rings is 2. The quantitative estimate of drug-likeness (QED) is 0.690. The molecular formula is C14H10BrF2NO. The second kappa shape index (κ2) is 5.48. The summed E-state index contributed by atoms with van der Waals surface area (Å²) in [5.74, 6) is -1.49. The zero-order valence-electron chi connectivity index (χ0n) is 9.79. The highest BCUT2D eigenvalue weighted by Gasteiger charge is 2.12. The van der Waals surface area contributed by atoms with Crippen molar-refractivity contribution in [3.63, 3.8) is 0 Å². The first-order valence-electron chi connectivity index (χ1n) is 5.49. The summed E-state index contributed by atoms with van der Waals surface area (Å²) in [5, 5.41) is 0. The molecule has 0 amide bonds. The maximum Gasteiger partial charge on any atom is 0.167 e. The average Bonchev–Trinajstić information content (AvgIpc) is 2.36. The summed E-state index contributed by atoms with van der Waals surface area (Å²) in [7, 11) is 0. The van der Waals surface area contributed by atoms with E-state index >= 15 is 0 Å². The smallest absolute Gasteiger partial charge is 0.167 e. The highest BCUT2D eigenvalue weighted by molar-refractivity contribution is 9.10. The zero-order valence-corrected chi connectivity index (χ0v) is 11.4. The lowest BCUT2D eigenvalue weighted by Crippen LogP contribution is -2.06. The monoisotopic (exact) mass is 325 g/mol. The van der Waals surface area contributed by atoms with Crippen LogP contribution >= 0.6 is 15.9 Å². The van der Waals surface area contributed by atoms with E-state index in [1.165, 1.54) is 24.3 Å². The molecule has 0 spiro atoms. The van der Waals surface area contributed by atoms with Gasteiger partial charge in [-0.25, -0.2) is 8.78 Å². The van der Waals surface area contributed by atoms with Gasteiger partial charge in [0.2, 0.25) is 0 Å². The first kappa shape index (κ1) is 13.7. The largest absolute Gasteiger partial charge is 0.396 e. The minimum atomic E-state index is -0.651. The van der Waals surface area contributed by atoms with Crippen LogP contribution < -0.4 is 5.73 Å². The maximum absolute atomic E-state index is 13.6. The molecule has 0 saturated carbocycles. The Hall–Kier alpha value is -1.75. The summed E-state index contributed by atoms with van der Waals surface area (Å²) < 4.78 is 27.4. The van der Waals surface area contributed by atoms with Gasteiger partial charge in [0.25, 0.3) is 0 Å². The lowest BCUT2D eigenvalue weighted by Gasteiger charge is -2.05. The van der Waals surface area contributed by atoms with Gasteiger partial charge in [0, 0.05) is 16.5 Å². The fraction of sp³-hybridized carbons (Fsp3) is 0.0714. The van der Waals surface area contributed by atoms with Crippen LogP contribution in [0.25, 0.3) is 0 Å². The van der Waals surface area contributed by atoms with Crippen LogP contribution in [-0.4, -0.2) is 5.78 Å². The number of ketones is 1. The van der Waals surface area contributed by atoms with Crippen molar-refractivity contribution in [3.8, 4) is 0 Å². The molecule has 0 aliphatic rings. The maximum atomic E-state index is 13.6. The second-order valence-corrected chi connectivity index (χ2v) is 4.99. The van der Waals surface area contributed by atoms with E-state index in [1.54, 1.807) is 6.07 Å². The number of halogens is 3. The Labute approximate surface area is 117 Å². The molecule has 0 atom stereocenters. The molecule has 2 aromatic carbocycles. The Balaban J connectivity index is 2.23. The molecule has 0 saturated heterocycles. The molecule has 2 nitrogen and oxygen atoms in total. The molecule has 0 aliphatic heterocycles. The summed E-state index contributed by atoms with van der Waals surface area (Å²) in [6.07, 6.45) is -0.123. The number of hydrogen-bond donors (Lipinski definition) is 1. The predicted molar refractivity (Wildman–Crippen MR) is 72.9 cm³/mol. The van der Waals surface area contributed by atoms with Gasteiger partial charge in [-0.1, -0.05) is 22.0 Å². The first-order chi connectivity index (χ1) is 8.97. The van der Waals surface area contributed by atoms with Crippen LogP contribution in [-0.2, 0) is 6.42 Å². The fourth-order valence-corrected chi connectivity index (χ4v) is 1.97. The van der Waals surface area contributed by atoms with Crippen molar-refractivity contribution >= 4 is 27.4 Å². The molecule has 0 fully saturated rings. The number of carbonyl (C=O) groups excluding carboxylic acids is 1. The van der Waals surface area contributed by atoms with Crippen molar-refractivity contribution in [2.24, 2.45) is 0 Å². The number of nitrogen functional groups attached to an aromatic ring is 1.